The van der Waals surface area contributed by atoms with Crippen molar-refractivity contribution < 1.29 is 4.79 Å². The number of nitrogens with one attached hydrogen (secondary N) is 2. The number of aryl methyl sites for hydroxylation is 1. The minimum atomic E-state index is 0.0429. The largest absolute Gasteiger partial charge is 0.315 e. The molecule has 2 aromatic heterocycles. The van der Waals surface area contributed by atoms with Gasteiger partial charge in [-0.2, -0.15) is 5.10 Å². The third-order valence-electron chi connectivity index (χ3n) is 3.69. The highest BCUT2D eigenvalue weighted by molar-refractivity contribution is 7.09. The zero-order valence-electron chi connectivity index (χ0n) is 11.9. The summed E-state index contributed by atoms with van der Waals surface area (Å²) in [5, 5.41) is 12.7. The molecule has 1 aliphatic rings. The monoisotopic (exact) mass is 304 g/mol. The molecular formula is C15H20N4OS. The first-order valence-electron chi connectivity index (χ1n) is 7.39. The number of carbonyl (C=O) groups excluding carboxylic acids is 1. The number of hydrogen-bond donors (Lipinski definition) is 2. The predicted octanol–water partition coefficient (Wildman–Crippen LogP) is 2.44. The van der Waals surface area contributed by atoms with Crippen molar-refractivity contribution >= 4 is 23.1 Å². The Morgan fingerprint density at radius 1 is 1.52 bits per heavy atom. The van der Waals surface area contributed by atoms with Crippen LogP contribution >= 0.6 is 11.3 Å². The van der Waals surface area contributed by atoms with Crippen LogP contribution in [0.25, 0.3) is 0 Å². The van der Waals surface area contributed by atoms with Crippen LogP contribution in [-0.4, -0.2) is 28.8 Å². The number of thiophene rings is 1. The van der Waals surface area contributed by atoms with Crippen molar-refractivity contribution in [2.45, 2.75) is 31.7 Å². The molecule has 3 heterocycles. The summed E-state index contributed by atoms with van der Waals surface area (Å²) in [5.74, 6) is 0.698. The average Bonchev–Trinajstić information content (AvgIpc) is 3.21. The molecular weight excluding hydrogens is 284 g/mol. The highest BCUT2D eigenvalue weighted by Crippen LogP contribution is 2.16. The van der Waals surface area contributed by atoms with Gasteiger partial charge in [-0.25, -0.2) is 0 Å². The van der Waals surface area contributed by atoms with E-state index in [-0.39, 0.29) is 5.91 Å². The molecule has 0 aliphatic carbocycles. The van der Waals surface area contributed by atoms with E-state index in [1.165, 1.54) is 4.88 Å². The smallest absolute Gasteiger partial charge is 0.225 e. The van der Waals surface area contributed by atoms with E-state index in [4.69, 9.17) is 0 Å². The standard InChI is InChI=1S/C15H20N4OS/c20-15(5-1-3-13-4-2-10-21-13)17-14-7-9-19(18-14)12-6-8-16-11-12/h2,4,7,9-10,12,16H,1,3,5-6,8,11H2,(H,17,18,20)/t12-/m1/s1. The van der Waals surface area contributed by atoms with Crippen LogP contribution in [-0.2, 0) is 11.2 Å². The number of amides is 1. The van der Waals surface area contributed by atoms with E-state index in [2.05, 4.69) is 27.2 Å². The fourth-order valence-electron chi connectivity index (χ4n) is 2.56. The normalized spacial score (nSPS) is 18.0. The molecule has 1 fully saturated rings. The van der Waals surface area contributed by atoms with Crippen LogP contribution in [0.15, 0.2) is 29.8 Å². The summed E-state index contributed by atoms with van der Waals surface area (Å²) in [5.41, 5.74) is 0. The van der Waals surface area contributed by atoms with Gasteiger partial charge in [0.05, 0.1) is 6.04 Å². The Labute approximate surface area is 128 Å². The van der Waals surface area contributed by atoms with E-state index < -0.39 is 0 Å². The molecule has 1 amide bonds. The first-order valence-corrected chi connectivity index (χ1v) is 8.27. The lowest BCUT2D eigenvalue weighted by Gasteiger charge is -2.08. The second-order valence-electron chi connectivity index (χ2n) is 5.31. The maximum Gasteiger partial charge on any atom is 0.225 e. The number of nitrogens with zero attached hydrogens (tertiary/aromatic N) is 2. The Hall–Kier alpha value is -1.66. The molecule has 1 saturated heterocycles. The van der Waals surface area contributed by atoms with Crippen LogP contribution in [0.2, 0.25) is 0 Å². The molecule has 3 rings (SSSR count). The van der Waals surface area contributed by atoms with Crippen LogP contribution < -0.4 is 10.6 Å². The zero-order chi connectivity index (χ0) is 14.5. The molecule has 2 N–H and O–H groups in total. The number of anilines is 1. The molecule has 112 valence electrons. The number of rotatable bonds is 6. The second kappa shape index (κ2) is 6.87. The molecule has 21 heavy (non-hydrogen) atoms. The van der Waals surface area contributed by atoms with Gasteiger partial charge in [0, 0.05) is 30.1 Å². The SMILES string of the molecule is O=C(CCCc1cccs1)Nc1ccn([C@@H]2CCNC2)n1. The molecule has 1 aliphatic heterocycles. The van der Waals surface area contributed by atoms with Gasteiger partial charge in [-0.1, -0.05) is 6.07 Å². The summed E-state index contributed by atoms with van der Waals surface area (Å²) in [6, 6.07) is 6.44. The van der Waals surface area contributed by atoms with Gasteiger partial charge in [0.2, 0.25) is 5.91 Å². The summed E-state index contributed by atoms with van der Waals surface area (Å²) in [6.07, 6.45) is 5.41. The Morgan fingerprint density at radius 2 is 2.48 bits per heavy atom. The van der Waals surface area contributed by atoms with E-state index in [1.807, 2.05) is 23.0 Å². The lowest BCUT2D eigenvalue weighted by Crippen LogP contribution is -2.15. The zero-order valence-corrected chi connectivity index (χ0v) is 12.7. The molecule has 0 radical (unpaired) electrons. The Kier molecular flexibility index (Phi) is 4.67. The molecule has 2 aromatic rings. The van der Waals surface area contributed by atoms with Gasteiger partial charge in [-0.05, 0) is 37.3 Å². The van der Waals surface area contributed by atoms with Gasteiger partial charge in [0.1, 0.15) is 0 Å². The molecule has 1 atom stereocenters. The minimum Gasteiger partial charge on any atom is -0.315 e. The summed E-state index contributed by atoms with van der Waals surface area (Å²) in [6.45, 7) is 1.99. The van der Waals surface area contributed by atoms with Gasteiger partial charge < -0.3 is 10.6 Å². The first-order chi connectivity index (χ1) is 10.3. The predicted molar refractivity (Wildman–Crippen MR) is 84.6 cm³/mol. The lowest BCUT2D eigenvalue weighted by molar-refractivity contribution is -0.116. The molecule has 0 aromatic carbocycles. The van der Waals surface area contributed by atoms with Gasteiger partial charge in [0.15, 0.2) is 5.82 Å². The summed E-state index contributed by atoms with van der Waals surface area (Å²) >= 11 is 1.74. The van der Waals surface area contributed by atoms with E-state index in [1.54, 1.807) is 11.3 Å². The van der Waals surface area contributed by atoms with Crippen molar-refractivity contribution in [1.82, 2.24) is 15.1 Å². The molecule has 5 nitrogen and oxygen atoms in total. The second-order valence-corrected chi connectivity index (χ2v) is 6.34. The van der Waals surface area contributed by atoms with Gasteiger partial charge in [-0.3, -0.25) is 9.48 Å². The molecule has 0 saturated carbocycles. The van der Waals surface area contributed by atoms with Crippen molar-refractivity contribution in [3.8, 4) is 0 Å². The van der Waals surface area contributed by atoms with Crippen LogP contribution in [0.4, 0.5) is 5.82 Å². The summed E-state index contributed by atoms with van der Waals surface area (Å²) in [4.78, 5) is 13.2. The Morgan fingerprint density at radius 3 is 3.24 bits per heavy atom. The maximum absolute atomic E-state index is 11.9. The molecule has 0 spiro atoms. The van der Waals surface area contributed by atoms with Gasteiger partial charge >= 0.3 is 0 Å². The van der Waals surface area contributed by atoms with Crippen molar-refractivity contribution in [1.29, 1.82) is 0 Å². The first kappa shape index (κ1) is 14.3. The van der Waals surface area contributed by atoms with Gasteiger partial charge in [0.25, 0.3) is 0 Å². The topological polar surface area (TPSA) is 59.0 Å². The summed E-state index contributed by atoms with van der Waals surface area (Å²) in [7, 11) is 0. The van der Waals surface area contributed by atoms with Crippen molar-refractivity contribution in [3.05, 3.63) is 34.7 Å². The number of hydrogen-bond acceptors (Lipinski definition) is 4. The maximum atomic E-state index is 11.9. The van der Waals surface area contributed by atoms with Crippen molar-refractivity contribution in [2.75, 3.05) is 18.4 Å². The molecule has 0 unspecified atom stereocenters. The Balaban J connectivity index is 1.44. The van der Waals surface area contributed by atoms with Crippen LogP contribution in [0, 0.1) is 0 Å². The fourth-order valence-corrected chi connectivity index (χ4v) is 3.31. The Bertz CT molecular complexity index is 572. The van der Waals surface area contributed by atoms with Crippen LogP contribution in [0.5, 0.6) is 0 Å². The number of carbonyl (C=O) groups is 1. The minimum absolute atomic E-state index is 0.0429. The fraction of sp³-hybridized carbons (Fsp3) is 0.467. The van der Waals surface area contributed by atoms with Crippen LogP contribution in [0.1, 0.15) is 30.2 Å². The van der Waals surface area contributed by atoms with Gasteiger partial charge in [-0.15, -0.1) is 11.3 Å². The third-order valence-corrected chi connectivity index (χ3v) is 4.63. The number of aromatic nitrogens is 2. The third kappa shape index (κ3) is 3.92. The lowest BCUT2D eigenvalue weighted by atomic mass is 10.2. The van der Waals surface area contributed by atoms with E-state index in [0.29, 0.717) is 18.3 Å². The highest BCUT2D eigenvalue weighted by Gasteiger charge is 2.17. The van der Waals surface area contributed by atoms with Crippen LogP contribution in [0.3, 0.4) is 0 Å². The van der Waals surface area contributed by atoms with E-state index in [9.17, 15) is 4.79 Å². The summed E-state index contributed by atoms with van der Waals surface area (Å²) < 4.78 is 1.95. The van der Waals surface area contributed by atoms with E-state index >= 15 is 0 Å². The van der Waals surface area contributed by atoms with Crippen molar-refractivity contribution in [3.63, 3.8) is 0 Å². The highest BCUT2D eigenvalue weighted by atomic mass is 32.1. The molecule has 0 bridgehead atoms. The average molecular weight is 304 g/mol. The van der Waals surface area contributed by atoms with E-state index in [0.717, 1.165) is 32.4 Å². The molecule has 6 heteroatoms. The quantitative estimate of drug-likeness (QED) is 0.862. The van der Waals surface area contributed by atoms with Crippen molar-refractivity contribution in [2.24, 2.45) is 0 Å².